The number of halogens is 3. The summed E-state index contributed by atoms with van der Waals surface area (Å²) in [5.41, 5.74) is 11.2. The SMILES string of the molecule is O=c1cc(N2CCOCC2)cc(-c2cccc3c2Oc2ccc(NC4CCN(CC(F)(F)F)CC4)cc2C3)[nH]1.O=c1cc(N2CCOCC2)cc(-c2cccc3c2Oc2ccc(NC4CCNCC4)cc2C3)[nH]1. The minimum Gasteiger partial charge on any atom is -0.456 e. The molecule has 14 nitrogen and oxygen atoms in total. The zero-order valence-electron chi connectivity index (χ0n) is 40.8. The number of aromatic nitrogens is 2. The van der Waals surface area contributed by atoms with Crippen molar-refractivity contribution in [1.82, 2.24) is 20.2 Å². The fourth-order valence-corrected chi connectivity index (χ4v) is 10.8. The van der Waals surface area contributed by atoms with Gasteiger partial charge in [0.15, 0.2) is 0 Å². The van der Waals surface area contributed by atoms with Crippen LogP contribution in [0.3, 0.4) is 0 Å². The van der Waals surface area contributed by atoms with Crippen molar-refractivity contribution >= 4 is 22.7 Å². The van der Waals surface area contributed by atoms with E-state index in [1.165, 1.54) is 10.5 Å². The average Bonchev–Trinajstić information content (AvgIpc) is 3.40. The summed E-state index contributed by atoms with van der Waals surface area (Å²) in [4.78, 5) is 36.9. The average molecular weight is 999 g/mol. The molecule has 382 valence electrons. The summed E-state index contributed by atoms with van der Waals surface area (Å²) in [6.45, 7) is 7.82. The first-order chi connectivity index (χ1) is 35.5. The predicted molar refractivity (Wildman–Crippen MR) is 278 cm³/mol. The first-order valence-corrected chi connectivity index (χ1v) is 25.6. The van der Waals surface area contributed by atoms with Crippen LogP contribution in [0.25, 0.3) is 22.5 Å². The monoisotopic (exact) mass is 998 g/mol. The molecular formula is C56H61F3N8O6. The quantitative estimate of drug-likeness (QED) is 0.0942. The van der Waals surface area contributed by atoms with Gasteiger partial charge in [-0.3, -0.25) is 14.5 Å². The third kappa shape index (κ3) is 11.5. The summed E-state index contributed by atoms with van der Waals surface area (Å²) >= 11 is 0. The lowest BCUT2D eigenvalue weighted by molar-refractivity contribution is -0.147. The van der Waals surface area contributed by atoms with Crippen molar-refractivity contribution in [3.63, 3.8) is 0 Å². The minimum atomic E-state index is -4.16. The van der Waals surface area contributed by atoms with E-state index < -0.39 is 12.7 Å². The van der Waals surface area contributed by atoms with E-state index in [2.05, 4.69) is 66.0 Å². The van der Waals surface area contributed by atoms with Crippen LogP contribution in [0.2, 0.25) is 0 Å². The van der Waals surface area contributed by atoms with Crippen LogP contribution < -0.4 is 46.3 Å². The summed E-state index contributed by atoms with van der Waals surface area (Å²) in [5.74, 6) is 3.19. The molecule has 0 unspecified atom stereocenters. The minimum absolute atomic E-state index is 0.110. The Kier molecular flexibility index (Phi) is 14.2. The Balaban J connectivity index is 0.000000159. The second kappa shape index (κ2) is 21.4. The van der Waals surface area contributed by atoms with Gasteiger partial charge in [-0.25, -0.2) is 0 Å². The van der Waals surface area contributed by atoms with Gasteiger partial charge < -0.3 is 54.7 Å². The van der Waals surface area contributed by atoms with E-state index in [0.717, 1.165) is 138 Å². The maximum absolute atomic E-state index is 12.7. The van der Waals surface area contributed by atoms with E-state index in [4.69, 9.17) is 18.9 Å². The highest BCUT2D eigenvalue weighted by atomic mass is 19.4. The summed E-state index contributed by atoms with van der Waals surface area (Å²) in [5, 5.41) is 10.6. The van der Waals surface area contributed by atoms with E-state index in [0.29, 0.717) is 70.5 Å². The first-order valence-electron chi connectivity index (χ1n) is 25.6. The number of nitrogens with one attached hydrogen (secondary N) is 5. The lowest BCUT2D eigenvalue weighted by Gasteiger charge is -2.33. The van der Waals surface area contributed by atoms with Crippen molar-refractivity contribution in [3.05, 3.63) is 140 Å². The predicted octanol–water partition coefficient (Wildman–Crippen LogP) is 8.75. The van der Waals surface area contributed by atoms with Gasteiger partial charge >= 0.3 is 6.18 Å². The Labute approximate surface area is 421 Å². The van der Waals surface area contributed by atoms with E-state index in [9.17, 15) is 22.8 Å². The molecule has 0 amide bonds. The maximum Gasteiger partial charge on any atom is 0.401 e. The van der Waals surface area contributed by atoms with Crippen LogP contribution in [-0.4, -0.2) is 118 Å². The number of para-hydroxylation sites is 2. The van der Waals surface area contributed by atoms with Crippen LogP contribution in [0.5, 0.6) is 23.0 Å². The lowest BCUT2D eigenvalue weighted by atomic mass is 9.96. The number of rotatable bonds is 9. The molecule has 4 fully saturated rings. The molecule has 12 rings (SSSR count). The number of piperidine rings is 2. The molecule has 8 heterocycles. The van der Waals surface area contributed by atoms with Gasteiger partial charge in [-0.15, -0.1) is 0 Å². The fraction of sp³-hybridized carbons (Fsp3) is 0.393. The molecule has 4 aromatic carbocycles. The normalized spacial score (nSPS) is 18.2. The largest absolute Gasteiger partial charge is 0.456 e. The topological polar surface area (TPSA) is 148 Å². The Morgan fingerprint density at radius 1 is 0.548 bits per heavy atom. The Morgan fingerprint density at radius 3 is 1.48 bits per heavy atom. The molecule has 2 aromatic heterocycles. The highest BCUT2D eigenvalue weighted by molar-refractivity contribution is 5.76. The number of nitrogens with zero attached hydrogens (tertiary/aromatic N) is 3. The number of hydrogen-bond acceptors (Lipinski definition) is 12. The highest BCUT2D eigenvalue weighted by Crippen LogP contribution is 2.45. The molecule has 6 aliphatic heterocycles. The van der Waals surface area contributed by atoms with Crippen molar-refractivity contribution in [1.29, 1.82) is 0 Å². The van der Waals surface area contributed by atoms with Gasteiger partial charge in [0.1, 0.15) is 23.0 Å². The van der Waals surface area contributed by atoms with Gasteiger partial charge in [-0.1, -0.05) is 24.3 Å². The van der Waals surface area contributed by atoms with Gasteiger partial charge in [-0.2, -0.15) is 13.2 Å². The number of anilines is 4. The van der Waals surface area contributed by atoms with Gasteiger partial charge in [0.2, 0.25) is 11.1 Å². The number of morpholine rings is 2. The summed E-state index contributed by atoms with van der Waals surface area (Å²) < 4.78 is 61.8. The van der Waals surface area contributed by atoms with Crippen molar-refractivity contribution in [3.8, 4) is 45.5 Å². The lowest BCUT2D eigenvalue weighted by Crippen LogP contribution is -2.43. The molecule has 5 N–H and O–H groups in total. The van der Waals surface area contributed by atoms with Crippen LogP contribution in [0.15, 0.2) is 107 Å². The summed E-state index contributed by atoms with van der Waals surface area (Å²) in [6.07, 6.45) is 0.924. The molecule has 17 heteroatoms. The third-order valence-electron chi connectivity index (χ3n) is 14.6. The van der Waals surface area contributed by atoms with E-state index in [1.54, 1.807) is 12.1 Å². The summed E-state index contributed by atoms with van der Waals surface area (Å²) in [6, 6.07) is 32.4. The number of benzene rings is 4. The molecule has 6 aromatic rings. The molecule has 0 bridgehead atoms. The van der Waals surface area contributed by atoms with Gasteiger partial charge in [-0.05, 0) is 111 Å². The Bertz CT molecular complexity index is 3050. The van der Waals surface area contributed by atoms with Gasteiger partial charge in [0.25, 0.3) is 0 Å². The molecule has 0 spiro atoms. The molecule has 6 aliphatic rings. The van der Waals surface area contributed by atoms with Crippen molar-refractivity contribution in [2.45, 2.75) is 56.8 Å². The molecule has 4 saturated heterocycles. The van der Waals surface area contributed by atoms with Crippen LogP contribution in [0.1, 0.15) is 47.9 Å². The Morgan fingerprint density at radius 2 is 1.01 bits per heavy atom. The standard InChI is InChI=1S/C29H31F3N4O3.C27H30N4O3/c30-29(31,32)18-35-8-6-21(7-9-35)33-22-4-5-26-20(15-22)14-19-2-1-3-24(28(19)39-26)25-16-23(17-27(37)34-25)36-10-12-38-13-11-36;32-26-17-22(31-10-12-33-13-11-31)16-24(30-26)23-3-1-2-18-14-19-15-21(4-5-25(19)34-27(18)23)29-20-6-8-28-9-7-20/h1-5,15-17,21,33H,6-14,18H2,(H,34,37);1-5,15-17,20,28-29H,6-14H2,(H,30,32). The number of H-pyrrole nitrogens is 2. The number of pyridine rings is 2. The molecule has 73 heavy (non-hydrogen) atoms. The van der Waals surface area contributed by atoms with E-state index in [-0.39, 0.29) is 17.2 Å². The maximum atomic E-state index is 12.7. The van der Waals surface area contributed by atoms with Gasteiger partial charge in [0.05, 0.1) is 44.4 Å². The highest BCUT2D eigenvalue weighted by Gasteiger charge is 2.33. The number of aromatic amines is 2. The van der Waals surface area contributed by atoms with Crippen molar-refractivity contribution < 1.29 is 32.1 Å². The van der Waals surface area contributed by atoms with E-state index >= 15 is 0 Å². The fourth-order valence-electron chi connectivity index (χ4n) is 10.8. The van der Waals surface area contributed by atoms with Crippen molar-refractivity contribution in [2.24, 2.45) is 0 Å². The van der Waals surface area contributed by atoms with Gasteiger partial charge in [0, 0.05) is 121 Å². The molecule has 0 atom stereocenters. The number of ether oxygens (including phenoxy) is 4. The molecule has 0 saturated carbocycles. The zero-order valence-corrected chi connectivity index (χ0v) is 40.8. The van der Waals surface area contributed by atoms with Crippen LogP contribution in [-0.2, 0) is 22.3 Å². The number of fused-ring (bicyclic) bond motifs is 4. The second-order valence-corrected chi connectivity index (χ2v) is 19.7. The molecular weight excluding hydrogens is 938 g/mol. The number of alkyl halides is 3. The Hall–Kier alpha value is -6.79. The molecule has 0 aliphatic carbocycles. The summed E-state index contributed by atoms with van der Waals surface area (Å²) in [7, 11) is 0. The number of likely N-dealkylation sites (tertiary alicyclic amines) is 1. The zero-order chi connectivity index (χ0) is 49.9. The van der Waals surface area contributed by atoms with Crippen LogP contribution in [0, 0.1) is 0 Å². The third-order valence-corrected chi connectivity index (χ3v) is 14.6. The molecule has 0 radical (unpaired) electrons. The second-order valence-electron chi connectivity index (χ2n) is 19.7. The van der Waals surface area contributed by atoms with Crippen molar-refractivity contribution in [2.75, 3.05) is 106 Å². The van der Waals surface area contributed by atoms with Crippen LogP contribution >= 0.6 is 0 Å². The smallest absolute Gasteiger partial charge is 0.401 e. The first kappa shape index (κ1) is 48.5. The van der Waals surface area contributed by atoms with Crippen LogP contribution in [0.4, 0.5) is 35.9 Å². The number of hydrogen-bond donors (Lipinski definition) is 5. The van der Waals surface area contributed by atoms with E-state index in [1.807, 2.05) is 54.6 Å².